The van der Waals surface area contributed by atoms with Gasteiger partial charge in [0.05, 0.1) is 11.8 Å². The summed E-state index contributed by atoms with van der Waals surface area (Å²) in [6.07, 6.45) is -3.42. The van der Waals surface area contributed by atoms with Crippen molar-refractivity contribution in [1.29, 1.82) is 0 Å². The number of hydrazone groups is 1. The Hall–Kier alpha value is -2.97. The molecule has 6 nitrogen and oxygen atoms in total. The SMILES string of the molecule is Cc1cc(C(F)(F)F)nc(N/N=C\c2ccccc2C(=O)O)n1. The molecule has 120 valence electrons. The minimum Gasteiger partial charge on any atom is -0.478 e. The molecule has 0 aliphatic carbocycles. The maximum Gasteiger partial charge on any atom is 0.433 e. The number of carboxylic acid groups (broad SMARTS) is 1. The molecule has 0 unspecified atom stereocenters. The van der Waals surface area contributed by atoms with E-state index in [0.717, 1.165) is 6.07 Å². The third-order valence-electron chi connectivity index (χ3n) is 2.70. The van der Waals surface area contributed by atoms with Crippen LogP contribution in [0.25, 0.3) is 0 Å². The Morgan fingerprint density at radius 1 is 1.30 bits per heavy atom. The molecule has 9 heteroatoms. The summed E-state index contributed by atoms with van der Waals surface area (Å²) in [7, 11) is 0. The second kappa shape index (κ2) is 6.42. The number of hydrogen-bond donors (Lipinski definition) is 2. The molecule has 23 heavy (non-hydrogen) atoms. The average Bonchev–Trinajstić information content (AvgIpc) is 2.46. The number of rotatable bonds is 4. The first-order valence-electron chi connectivity index (χ1n) is 6.31. The summed E-state index contributed by atoms with van der Waals surface area (Å²) < 4.78 is 38.0. The highest BCUT2D eigenvalue weighted by molar-refractivity contribution is 5.98. The van der Waals surface area contributed by atoms with Gasteiger partial charge in [-0.15, -0.1) is 0 Å². The predicted molar refractivity (Wildman–Crippen MR) is 76.4 cm³/mol. The number of aryl methyl sites for hydroxylation is 1. The van der Waals surface area contributed by atoms with Gasteiger partial charge in [0.2, 0.25) is 5.95 Å². The number of aromatic carboxylic acids is 1. The van der Waals surface area contributed by atoms with E-state index in [1.54, 1.807) is 12.1 Å². The molecule has 0 fully saturated rings. The molecule has 0 aliphatic heterocycles. The Labute approximate surface area is 128 Å². The molecule has 0 radical (unpaired) electrons. The van der Waals surface area contributed by atoms with Crippen LogP contribution in [0.1, 0.15) is 27.3 Å². The highest BCUT2D eigenvalue weighted by atomic mass is 19.4. The second-order valence-electron chi connectivity index (χ2n) is 4.48. The number of benzene rings is 1. The van der Waals surface area contributed by atoms with Gasteiger partial charge in [-0.1, -0.05) is 18.2 Å². The number of carboxylic acids is 1. The third-order valence-corrected chi connectivity index (χ3v) is 2.70. The molecular formula is C14H11F3N4O2. The molecule has 0 aliphatic rings. The van der Waals surface area contributed by atoms with E-state index in [9.17, 15) is 18.0 Å². The van der Waals surface area contributed by atoms with Crippen LogP contribution in [0.2, 0.25) is 0 Å². The lowest BCUT2D eigenvalue weighted by Crippen LogP contribution is -2.11. The molecule has 1 heterocycles. The average molecular weight is 324 g/mol. The molecular weight excluding hydrogens is 313 g/mol. The standard InChI is InChI=1S/C14H11F3N4O2/c1-8-6-11(14(15,16)17)20-13(19-8)21-18-7-9-4-2-3-5-10(9)12(22)23/h2-7H,1H3,(H,22,23)(H,19,20,21)/b18-7-. The van der Waals surface area contributed by atoms with Gasteiger partial charge in [-0.3, -0.25) is 0 Å². The smallest absolute Gasteiger partial charge is 0.433 e. The lowest BCUT2D eigenvalue weighted by Gasteiger charge is -2.08. The van der Waals surface area contributed by atoms with Crippen molar-refractivity contribution < 1.29 is 23.1 Å². The quantitative estimate of drug-likeness (QED) is 0.667. The molecule has 2 N–H and O–H groups in total. The molecule has 2 aromatic rings. The number of alkyl halides is 3. The highest BCUT2D eigenvalue weighted by Gasteiger charge is 2.33. The lowest BCUT2D eigenvalue weighted by molar-refractivity contribution is -0.141. The van der Waals surface area contributed by atoms with Crippen molar-refractivity contribution in [1.82, 2.24) is 9.97 Å². The van der Waals surface area contributed by atoms with E-state index in [-0.39, 0.29) is 22.8 Å². The van der Waals surface area contributed by atoms with Crippen LogP contribution in [0.5, 0.6) is 0 Å². The van der Waals surface area contributed by atoms with E-state index in [1.807, 2.05) is 0 Å². The van der Waals surface area contributed by atoms with E-state index in [2.05, 4.69) is 20.5 Å². The fraction of sp³-hybridized carbons (Fsp3) is 0.143. The Bertz CT molecular complexity index is 760. The Morgan fingerprint density at radius 3 is 2.65 bits per heavy atom. The van der Waals surface area contributed by atoms with Gasteiger partial charge < -0.3 is 5.11 Å². The normalized spacial score (nSPS) is 11.7. The zero-order chi connectivity index (χ0) is 17.0. The van der Waals surface area contributed by atoms with E-state index in [4.69, 9.17) is 5.11 Å². The summed E-state index contributed by atoms with van der Waals surface area (Å²) in [6, 6.07) is 6.86. The lowest BCUT2D eigenvalue weighted by atomic mass is 10.1. The minimum atomic E-state index is -4.59. The fourth-order valence-corrected chi connectivity index (χ4v) is 1.73. The summed E-state index contributed by atoms with van der Waals surface area (Å²) in [5.41, 5.74) is 1.60. The van der Waals surface area contributed by atoms with Crippen LogP contribution >= 0.6 is 0 Å². The van der Waals surface area contributed by atoms with Crippen LogP contribution in [0.15, 0.2) is 35.4 Å². The fourth-order valence-electron chi connectivity index (χ4n) is 1.73. The molecule has 0 saturated heterocycles. The summed E-state index contributed by atoms with van der Waals surface area (Å²) in [4.78, 5) is 18.1. The minimum absolute atomic E-state index is 0.0131. The Morgan fingerprint density at radius 2 is 2.00 bits per heavy atom. The van der Waals surface area contributed by atoms with E-state index < -0.39 is 17.8 Å². The van der Waals surface area contributed by atoms with Gasteiger partial charge in [-0.25, -0.2) is 20.2 Å². The maximum atomic E-state index is 12.7. The Balaban J connectivity index is 2.22. The topological polar surface area (TPSA) is 87.5 Å². The molecule has 0 bridgehead atoms. The van der Waals surface area contributed by atoms with Crippen LogP contribution < -0.4 is 5.43 Å². The largest absolute Gasteiger partial charge is 0.478 e. The van der Waals surface area contributed by atoms with E-state index in [1.165, 1.54) is 25.3 Å². The molecule has 0 saturated carbocycles. The number of nitrogens with one attached hydrogen (secondary N) is 1. The zero-order valence-corrected chi connectivity index (χ0v) is 11.8. The first-order chi connectivity index (χ1) is 10.8. The number of carbonyl (C=O) groups is 1. The van der Waals surface area contributed by atoms with Gasteiger partial charge in [-0.05, 0) is 19.1 Å². The number of aromatic nitrogens is 2. The molecule has 0 amide bonds. The molecule has 1 aromatic carbocycles. The van der Waals surface area contributed by atoms with Crippen molar-refractivity contribution in [3.8, 4) is 0 Å². The van der Waals surface area contributed by atoms with Crippen molar-refractivity contribution in [3.63, 3.8) is 0 Å². The van der Waals surface area contributed by atoms with Gasteiger partial charge in [0, 0.05) is 11.3 Å². The van der Waals surface area contributed by atoms with Gasteiger partial charge in [-0.2, -0.15) is 18.3 Å². The summed E-state index contributed by atoms with van der Waals surface area (Å²) >= 11 is 0. The zero-order valence-electron chi connectivity index (χ0n) is 11.8. The maximum absolute atomic E-state index is 12.7. The van der Waals surface area contributed by atoms with Crippen molar-refractivity contribution in [2.24, 2.45) is 5.10 Å². The van der Waals surface area contributed by atoms with Crippen molar-refractivity contribution >= 4 is 18.1 Å². The first-order valence-corrected chi connectivity index (χ1v) is 6.31. The van der Waals surface area contributed by atoms with Crippen LogP contribution in [-0.4, -0.2) is 27.3 Å². The predicted octanol–water partition coefficient (Wildman–Crippen LogP) is 2.95. The van der Waals surface area contributed by atoms with Crippen LogP contribution in [0, 0.1) is 6.92 Å². The highest BCUT2D eigenvalue weighted by Crippen LogP contribution is 2.28. The van der Waals surface area contributed by atoms with Gasteiger partial charge in [0.1, 0.15) is 5.69 Å². The van der Waals surface area contributed by atoms with Crippen LogP contribution in [0.4, 0.5) is 19.1 Å². The van der Waals surface area contributed by atoms with Gasteiger partial charge in [0.15, 0.2) is 0 Å². The number of halogens is 3. The number of hydrogen-bond acceptors (Lipinski definition) is 5. The molecule has 0 atom stereocenters. The number of nitrogens with zero attached hydrogens (tertiary/aromatic N) is 3. The van der Waals surface area contributed by atoms with Crippen molar-refractivity contribution in [2.75, 3.05) is 5.43 Å². The summed E-state index contributed by atoms with van der Waals surface area (Å²) in [5.74, 6) is -1.47. The summed E-state index contributed by atoms with van der Waals surface area (Å²) in [5, 5.41) is 12.7. The van der Waals surface area contributed by atoms with Crippen molar-refractivity contribution in [2.45, 2.75) is 13.1 Å². The molecule has 0 spiro atoms. The number of anilines is 1. The van der Waals surface area contributed by atoms with Gasteiger partial charge >= 0.3 is 12.1 Å². The summed E-state index contributed by atoms with van der Waals surface area (Å²) in [6.45, 7) is 1.39. The Kier molecular flexibility index (Phi) is 4.58. The third kappa shape index (κ3) is 4.25. The second-order valence-corrected chi connectivity index (χ2v) is 4.48. The van der Waals surface area contributed by atoms with E-state index >= 15 is 0 Å². The van der Waals surface area contributed by atoms with E-state index in [0.29, 0.717) is 0 Å². The molecule has 1 aromatic heterocycles. The van der Waals surface area contributed by atoms with Crippen molar-refractivity contribution in [3.05, 3.63) is 52.8 Å². The van der Waals surface area contributed by atoms with Crippen LogP contribution in [-0.2, 0) is 6.18 Å². The molecule has 2 rings (SSSR count). The van der Waals surface area contributed by atoms with Crippen LogP contribution in [0.3, 0.4) is 0 Å². The van der Waals surface area contributed by atoms with Gasteiger partial charge in [0.25, 0.3) is 0 Å². The first kappa shape index (κ1) is 16.4. The monoisotopic (exact) mass is 324 g/mol.